The van der Waals surface area contributed by atoms with Crippen LogP contribution in [0.15, 0.2) is 18.2 Å². The third-order valence-corrected chi connectivity index (χ3v) is 4.09. The lowest BCUT2D eigenvalue weighted by atomic mass is 9.96. The molecule has 1 aromatic carbocycles. The number of nitrogens with one attached hydrogen (secondary N) is 1. The van der Waals surface area contributed by atoms with Crippen LogP contribution in [-0.2, 0) is 13.5 Å². The van der Waals surface area contributed by atoms with Gasteiger partial charge in [-0.1, -0.05) is 0 Å². The molecule has 5 heteroatoms. The molecule has 106 valence electrons. The van der Waals surface area contributed by atoms with Crippen molar-refractivity contribution in [2.75, 3.05) is 13.1 Å². The fourth-order valence-electron chi connectivity index (χ4n) is 2.92. The molecule has 0 spiro atoms. The largest absolute Gasteiger partial charge is 0.478 e. The molecule has 1 aliphatic rings. The van der Waals surface area contributed by atoms with Gasteiger partial charge in [0.15, 0.2) is 0 Å². The molecule has 1 fully saturated rings. The van der Waals surface area contributed by atoms with Gasteiger partial charge < -0.3 is 15.0 Å². The van der Waals surface area contributed by atoms with Crippen LogP contribution in [0.25, 0.3) is 11.0 Å². The van der Waals surface area contributed by atoms with Crippen molar-refractivity contribution in [1.82, 2.24) is 14.9 Å². The van der Waals surface area contributed by atoms with Crippen LogP contribution < -0.4 is 5.32 Å². The second-order valence-corrected chi connectivity index (χ2v) is 5.51. The predicted molar refractivity (Wildman–Crippen MR) is 77.0 cm³/mol. The van der Waals surface area contributed by atoms with Crippen LogP contribution in [-0.4, -0.2) is 33.7 Å². The number of imidazole rings is 1. The Morgan fingerprint density at radius 1 is 1.55 bits per heavy atom. The Morgan fingerprint density at radius 3 is 3.10 bits per heavy atom. The number of aryl methyl sites for hydroxylation is 1. The van der Waals surface area contributed by atoms with E-state index < -0.39 is 5.97 Å². The number of carbonyl (C=O) groups is 1. The number of piperidine rings is 1. The fourth-order valence-corrected chi connectivity index (χ4v) is 2.92. The molecule has 0 radical (unpaired) electrons. The Hall–Kier alpha value is -1.88. The SMILES string of the molecule is Cn1c(CC2CCCNC2)nc2cc(C(=O)O)ccc21. The normalized spacial score (nSPS) is 19.4. The van der Waals surface area contributed by atoms with Crippen LogP contribution in [0, 0.1) is 5.92 Å². The van der Waals surface area contributed by atoms with Gasteiger partial charge in [0.05, 0.1) is 16.6 Å². The summed E-state index contributed by atoms with van der Waals surface area (Å²) in [7, 11) is 2.00. The van der Waals surface area contributed by atoms with E-state index in [1.165, 1.54) is 12.8 Å². The molecule has 1 atom stereocenters. The van der Waals surface area contributed by atoms with Gasteiger partial charge in [0.25, 0.3) is 0 Å². The molecule has 1 unspecified atom stereocenters. The van der Waals surface area contributed by atoms with Crippen LogP contribution in [0.2, 0.25) is 0 Å². The molecule has 20 heavy (non-hydrogen) atoms. The third kappa shape index (κ3) is 2.41. The Morgan fingerprint density at radius 2 is 2.40 bits per heavy atom. The molecule has 3 rings (SSSR count). The van der Waals surface area contributed by atoms with Crippen LogP contribution >= 0.6 is 0 Å². The molecule has 2 heterocycles. The van der Waals surface area contributed by atoms with Crippen LogP contribution in [0.1, 0.15) is 29.0 Å². The van der Waals surface area contributed by atoms with E-state index in [1.807, 2.05) is 13.1 Å². The van der Waals surface area contributed by atoms with Crippen molar-refractivity contribution < 1.29 is 9.90 Å². The molecule has 2 aromatic rings. The average molecular weight is 273 g/mol. The molecule has 0 aliphatic carbocycles. The summed E-state index contributed by atoms with van der Waals surface area (Å²) < 4.78 is 2.08. The zero-order chi connectivity index (χ0) is 14.1. The lowest BCUT2D eigenvalue weighted by Gasteiger charge is -2.22. The fraction of sp³-hybridized carbons (Fsp3) is 0.467. The number of rotatable bonds is 3. The highest BCUT2D eigenvalue weighted by Crippen LogP contribution is 2.21. The first-order valence-electron chi connectivity index (χ1n) is 7.04. The van der Waals surface area contributed by atoms with Crippen molar-refractivity contribution in [3.8, 4) is 0 Å². The standard InChI is InChI=1S/C15H19N3O2/c1-18-13-5-4-11(15(19)20)8-12(13)17-14(18)7-10-3-2-6-16-9-10/h4-5,8,10,16H,2-3,6-7,9H2,1H3,(H,19,20). The minimum Gasteiger partial charge on any atom is -0.478 e. The van der Waals surface area contributed by atoms with Crippen molar-refractivity contribution >= 4 is 17.0 Å². The van der Waals surface area contributed by atoms with Crippen LogP contribution in [0.3, 0.4) is 0 Å². The van der Waals surface area contributed by atoms with Gasteiger partial charge in [-0.15, -0.1) is 0 Å². The van der Waals surface area contributed by atoms with Crippen molar-refractivity contribution in [3.05, 3.63) is 29.6 Å². The summed E-state index contributed by atoms with van der Waals surface area (Å²) in [4.78, 5) is 15.6. The van der Waals surface area contributed by atoms with E-state index in [-0.39, 0.29) is 0 Å². The number of carboxylic acids is 1. The lowest BCUT2D eigenvalue weighted by Crippen LogP contribution is -2.31. The molecular weight excluding hydrogens is 254 g/mol. The number of aromatic nitrogens is 2. The zero-order valence-electron chi connectivity index (χ0n) is 11.6. The maximum absolute atomic E-state index is 11.0. The molecule has 1 saturated heterocycles. The molecule has 1 aromatic heterocycles. The van der Waals surface area contributed by atoms with Crippen LogP contribution in [0.4, 0.5) is 0 Å². The molecular formula is C15H19N3O2. The highest BCUT2D eigenvalue weighted by atomic mass is 16.4. The number of nitrogens with zero attached hydrogens (tertiary/aromatic N) is 2. The van der Waals surface area contributed by atoms with Gasteiger partial charge in [-0.05, 0) is 50.0 Å². The summed E-state index contributed by atoms with van der Waals surface area (Å²) in [6.45, 7) is 2.16. The predicted octanol–water partition coefficient (Wildman–Crippen LogP) is 1.81. The van der Waals surface area contributed by atoms with Gasteiger partial charge >= 0.3 is 5.97 Å². The molecule has 1 aliphatic heterocycles. The molecule has 0 bridgehead atoms. The number of hydrogen-bond acceptors (Lipinski definition) is 3. The summed E-state index contributed by atoms with van der Waals surface area (Å²) in [6, 6.07) is 5.13. The van der Waals surface area contributed by atoms with E-state index in [1.54, 1.807) is 12.1 Å². The van der Waals surface area contributed by atoms with Gasteiger partial charge in [0.2, 0.25) is 0 Å². The second kappa shape index (κ2) is 5.25. The Labute approximate surface area is 117 Å². The summed E-state index contributed by atoms with van der Waals surface area (Å²) >= 11 is 0. The van der Waals surface area contributed by atoms with Gasteiger partial charge in [0.1, 0.15) is 5.82 Å². The van der Waals surface area contributed by atoms with Crippen molar-refractivity contribution in [1.29, 1.82) is 0 Å². The highest BCUT2D eigenvalue weighted by molar-refractivity contribution is 5.92. The Kier molecular flexibility index (Phi) is 3.44. The van der Waals surface area contributed by atoms with E-state index in [4.69, 9.17) is 5.11 Å². The minimum absolute atomic E-state index is 0.293. The van der Waals surface area contributed by atoms with E-state index in [0.717, 1.165) is 36.4 Å². The second-order valence-electron chi connectivity index (χ2n) is 5.51. The maximum atomic E-state index is 11.0. The zero-order valence-corrected chi connectivity index (χ0v) is 11.6. The van der Waals surface area contributed by atoms with Gasteiger partial charge in [-0.25, -0.2) is 9.78 Å². The Bertz CT molecular complexity index is 642. The number of fused-ring (bicyclic) bond motifs is 1. The first kappa shape index (κ1) is 13.1. The summed E-state index contributed by atoms with van der Waals surface area (Å²) in [6.07, 6.45) is 3.40. The number of hydrogen-bond donors (Lipinski definition) is 2. The lowest BCUT2D eigenvalue weighted by molar-refractivity contribution is 0.0697. The average Bonchev–Trinajstić information content (AvgIpc) is 2.76. The summed E-state index contributed by atoms with van der Waals surface area (Å²) in [5.74, 6) is 0.755. The molecule has 5 nitrogen and oxygen atoms in total. The van der Waals surface area contributed by atoms with E-state index in [0.29, 0.717) is 11.5 Å². The highest BCUT2D eigenvalue weighted by Gasteiger charge is 2.17. The smallest absolute Gasteiger partial charge is 0.335 e. The number of carboxylic acid groups (broad SMARTS) is 1. The molecule has 0 amide bonds. The van der Waals surface area contributed by atoms with Gasteiger partial charge in [-0.3, -0.25) is 0 Å². The Balaban J connectivity index is 1.91. The minimum atomic E-state index is -0.907. The molecule has 2 N–H and O–H groups in total. The van der Waals surface area contributed by atoms with Gasteiger partial charge in [0, 0.05) is 13.5 Å². The van der Waals surface area contributed by atoms with E-state index in [2.05, 4.69) is 14.9 Å². The van der Waals surface area contributed by atoms with E-state index >= 15 is 0 Å². The van der Waals surface area contributed by atoms with Crippen LogP contribution in [0.5, 0.6) is 0 Å². The number of benzene rings is 1. The monoisotopic (exact) mass is 273 g/mol. The quantitative estimate of drug-likeness (QED) is 0.895. The first-order chi connectivity index (χ1) is 9.65. The van der Waals surface area contributed by atoms with Gasteiger partial charge in [-0.2, -0.15) is 0 Å². The maximum Gasteiger partial charge on any atom is 0.335 e. The summed E-state index contributed by atoms with van der Waals surface area (Å²) in [5, 5.41) is 12.5. The van der Waals surface area contributed by atoms with Crippen molar-refractivity contribution in [2.24, 2.45) is 13.0 Å². The van der Waals surface area contributed by atoms with E-state index in [9.17, 15) is 4.79 Å². The number of aromatic carboxylic acids is 1. The van der Waals surface area contributed by atoms with Crippen molar-refractivity contribution in [3.63, 3.8) is 0 Å². The van der Waals surface area contributed by atoms with Crippen molar-refractivity contribution in [2.45, 2.75) is 19.3 Å². The molecule has 0 saturated carbocycles. The first-order valence-corrected chi connectivity index (χ1v) is 7.04. The third-order valence-electron chi connectivity index (χ3n) is 4.09. The topological polar surface area (TPSA) is 67.2 Å². The summed E-state index contributed by atoms with van der Waals surface area (Å²) in [5.41, 5.74) is 2.06.